The molecule has 0 heterocycles. The normalized spacial score (nSPS) is 12.4. The molecule has 254 valence electrons. The van der Waals surface area contributed by atoms with Crippen LogP contribution in [0.4, 0.5) is 15.3 Å². The van der Waals surface area contributed by atoms with Gasteiger partial charge in [-0.25, -0.2) is 9.59 Å². The van der Waals surface area contributed by atoms with E-state index in [4.69, 9.17) is 10.5 Å². The lowest BCUT2D eigenvalue weighted by Crippen LogP contribution is -2.54. The molecule has 0 fully saturated rings. The van der Waals surface area contributed by atoms with E-state index < -0.39 is 30.1 Å². The zero-order valence-electron chi connectivity index (χ0n) is 27.9. The fourth-order valence-corrected chi connectivity index (χ4v) is 4.06. The van der Waals surface area contributed by atoms with Crippen LogP contribution < -0.4 is 32.3 Å². The molecule has 0 radical (unpaired) electrons. The van der Waals surface area contributed by atoms with Crippen molar-refractivity contribution in [1.29, 1.82) is 0 Å². The number of anilines is 1. The maximum atomic E-state index is 13.3. The van der Waals surface area contributed by atoms with Gasteiger partial charge in [0, 0.05) is 57.9 Å². The first kappa shape index (κ1) is 39.1. The van der Waals surface area contributed by atoms with E-state index in [0.717, 1.165) is 12.1 Å². The molecule has 0 aliphatic carbocycles. The van der Waals surface area contributed by atoms with Gasteiger partial charge in [0.2, 0.25) is 17.7 Å². The second-order valence-electron chi connectivity index (χ2n) is 11.6. The molecule has 0 saturated heterocycles. The van der Waals surface area contributed by atoms with Crippen molar-refractivity contribution in [3.8, 4) is 0 Å². The molecule has 14 nitrogen and oxygen atoms in total. The number of nitrogens with two attached hydrogens (primary N) is 1. The molecule has 2 atom stereocenters. The van der Waals surface area contributed by atoms with Crippen molar-refractivity contribution in [2.75, 3.05) is 52.1 Å². The van der Waals surface area contributed by atoms with Crippen molar-refractivity contribution >= 4 is 35.5 Å². The van der Waals surface area contributed by atoms with Crippen molar-refractivity contribution in [3.05, 3.63) is 29.8 Å². The van der Waals surface area contributed by atoms with Gasteiger partial charge in [0.25, 0.3) is 0 Å². The molecule has 0 spiro atoms. The number of nitrogens with one attached hydrogen (secondary N) is 5. The topological polar surface area (TPSA) is 187 Å². The first-order valence-electron chi connectivity index (χ1n) is 15.6. The lowest BCUT2D eigenvalue weighted by atomic mass is 10.0. The Morgan fingerprint density at radius 1 is 0.889 bits per heavy atom. The molecule has 0 bridgehead atoms. The number of primary amides is 1. The van der Waals surface area contributed by atoms with Crippen LogP contribution in [0.25, 0.3) is 0 Å². The van der Waals surface area contributed by atoms with Crippen LogP contribution in [0.2, 0.25) is 0 Å². The number of hydrogen-bond acceptors (Lipinski definition) is 8. The van der Waals surface area contributed by atoms with Crippen LogP contribution in [-0.2, 0) is 25.7 Å². The lowest BCUT2D eigenvalue weighted by Gasteiger charge is -2.25. The van der Waals surface area contributed by atoms with Crippen molar-refractivity contribution in [2.24, 2.45) is 11.7 Å². The highest BCUT2D eigenvalue weighted by Crippen LogP contribution is 2.13. The fraction of sp³-hybridized carbons (Fsp3) is 0.645. The molecule has 0 aliphatic rings. The Kier molecular flexibility index (Phi) is 18.2. The number of urea groups is 1. The lowest BCUT2D eigenvalue weighted by molar-refractivity contribution is -0.128. The molecular formula is C31H54N8O6. The standard InChI is InChI=1S/C31H54N8O6/c1-8-26(40)33-16-17-34-27(21(2)3)29(42)37-25(10-9-15-35-30(32)43)28(41)36-24-13-11-23(12-14-24)20-45-31(44)39(7)19-18-38(6)22(4)5/h11-14,21-22,25,27,34H,8-10,15-20H2,1-7H3,(H,33,40)(H,36,41)(H,37,42)(H3,32,35,43)/t25-,27-/m1/s1. The van der Waals surface area contributed by atoms with E-state index in [9.17, 15) is 24.0 Å². The van der Waals surface area contributed by atoms with Crippen LogP contribution in [0.1, 0.15) is 59.4 Å². The molecule has 7 N–H and O–H groups in total. The van der Waals surface area contributed by atoms with Crippen molar-refractivity contribution < 1.29 is 28.7 Å². The number of rotatable bonds is 20. The van der Waals surface area contributed by atoms with Gasteiger partial charge < -0.3 is 46.9 Å². The second kappa shape index (κ2) is 20.9. The number of hydrogen-bond donors (Lipinski definition) is 6. The Hall–Kier alpha value is -3.91. The Morgan fingerprint density at radius 3 is 2.13 bits per heavy atom. The van der Waals surface area contributed by atoms with Crippen molar-refractivity contribution in [1.82, 2.24) is 31.1 Å². The summed E-state index contributed by atoms with van der Waals surface area (Å²) in [4.78, 5) is 65.1. The van der Waals surface area contributed by atoms with Gasteiger partial charge in [-0.15, -0.1) is 0 Å². The van der Waals surface area contributed by atoms with Gasteiger partial charge in [-0.2, -0.15) is 0 Å². The molecule has 0 aromatic heterocycles. The van der Waals surface area contributed by atoms with E-state index in [-0.39, 0.29) is 37.3 Å². The van der Waals surface area contributed by atoms with Crippen molar-refractivity contribution in [2.45, 2.75) is 78.6 Å². The van der Waals surface area contributed by atoms with Crippen LogP contribution in [0.3, 0.4) is 0 Å². The summed E-state index contributed by atoms with van der Waals surface area (Å²) in [5.74, 6) is -0.943. The number of nitrogens with zero attached hydrogens (tertiary/aromatic N) is 2. The molecule has 0 unspecified atom stereocenters. The van der Waals surface area contributed by atoms with Gasteiger partial charge in [0.1, 0.15) is 12.6 Å². The van der Waals surface area contributed by atoms with E-state index in [0.29, 0.717) is 44.2 Å². The Morgan fingerprint density at radius 2 is 1.56 bits per heavy atom. The van der Waals surface area contributed by atoms with E-state index in [1.54, 1.807) is 38.2 Å². The van der Waals surface area contributed by atoms with E-state index in [1.165, 1.54) is 4.90 Å². The van der Waals surface area contributed by atoms with Gasteiger partial charge in [-0.3, -0.25) is 14.4 Å². The van der Waals surface area contributed by atoms with Gasteiger partial charge in [-0.05, 0) is 57.4 Å². The highest BCUT2D eigenvalue weighted by Gasteiger charge is 2.27. The van der Waals surface area contributed by atoms with Gasteiger partial charge in [0.05, 0.1) is 6.04 Å². The Balaban J connectivity index is 2.79. The number of amides is 6. The maximum absolute atomic E-state index is 13.3. The Labute approximate surface area is 267 Å². The predicted molar refractivity (Wildman–Crippen MR) is 174 cm³/mol. The average molecular weight is 635 g/mol. The van der Waals surface area contributed by atoms with E-state index in [1.807, 2.05) is 20.9 Å². The number of benzene rings is 1. The molecular weight excluding hydrogens is 580 g/mol. The molecule has 1 aromatic rings. The van der Waals surface area contributed by atoms with Crippen LogP contribution in [0.5, 0.6) is 0 Å². The molecule has 1 aromatic carbocycles. The highest BCUT2D eigenvalue weighted by molar-refractivity contribution is 5.97. The number of carbonyl (C=O) groups is 5. The van der Waals surface area contributed by atoms with Crippen LogP contribution in [0.15, 0.2) is 24.3 Å². The average Bonchev–Trinajstić information content (AvgIpc) is 2.99. The zero-order valence-corrected chi connectivity index (χ0v) is 27.9. The quantitative estimate of drug-likeness (QED) is 0.117. The van der Waals surface area contributed by atoms with Crippen LogP contribution in [0, 0.1) is 5.92 Å². The smallest absolute Gasteiger partial charge is 0.409 e. The summed E-state index contributed by atoms with van der Waals surface area (Å²) in [7, 11) is 3.70. The molecule has 45 heavy (non-hydrogen) atoms. The molecule has 0 saturated carbocycles. The summed E-state index contributed by atoms with van der Waals surface area (Å²) in [6.07, 6.45) is 0.606. The highest BCUT2D eigenvalue weighted by atomic mass is 16.6. The largest absolute Gasteiger partial charge is 0.445 e. The summed E-state index contributed by atoms with van der Waals surface area (Å²) in [5.41, 5.74) is 6.40. The number of carbonyl (C=O) groups excluding carboxylic acids is 5. The third kappa shape index (κ3) is 16.1. The molecule has 6 amide bonds. The molecule has 1 rings (SSSR count). The van der Waals surface area contributed by atoms with Gasteiger partial charge in [0.15, 0.2) is 0 Å². The first-order valence-corrected chi connectivity index (χ1v) is 15.6. The van der Waals surface area contributed by atoms with Gasteiger partial charge in [-0.1, -0.05) is 32.9 Å². The summed E-state index contributed by atoms with van der Waals surface area (Å²) >= 11 is 0. The summed E-state index contributed by atoms with van der Waals surface area (Å²) in [5, 5.41) is 14.1. The number of ether oxygens (including phenoxy) is 1. The van der Waals surface area contributed by atoms with Crippen LogP contribution >= 0.6 is 0 Å². The van der Waals surface area contributed by atoms with E-state index in [2.05, 4.69) is 45.3 Å². The summed E-state index contributed by atoms with van der Waals surface area (Å²) in [6, 6.07) is 5.10. The maximum Gasteiger partial charge on any atom is 0.409 e. The third-order valence-corrected chi connectivity index (χ3v) is 7.25. The summed E-state index contributed by atoms with van der Waals surface area (Å²) < 4.78 is 5.42. The second-order valence-corrected chi connectivity index (χ2v) is 11.6. The third-order valence-electron chi connectivity index (χ3n) is 7.25. The molecule has 0 aliphatic heterocycles. The first-order chi connectivity index (χ1) is 21.2. The van der Waals surface area contributed by atoms with Crippen LogP contribution in [-0.4, -0.2) is 105 Å². The summed E-state index contributed by atoms with van der Waals surface area (Å²) in [6.45, 7) is 12.1. The SMILES string of the molecule is CCC(=O)NCCN[C@@H](C(=O)N[C@H](CCCNC(N)=O)C(=O)Nc1ccc(COC(=O)N(C)CCN(C)C(C)C)cc1)C(C)C. The fourth-order valence-electron chi connectivity index (χ4n) is 4.06. The monoisotopic (exact) mass is 634 g/mol. The molecule has 14 heteroatoms. The minimum atomic E-state index is -0.888. The minimum Gasteiger partial charge on any atom is -0.445 e. The Bertz CT molecular complexity index is 1080. The predicted octanol–water partition coefficient (Wildman–Crippen LogP) is 1.61. The van der Waals surface area contributed by atoms with Crippen molar-refractivity contribution in [3.63, 3.8) is 0 Å². The number of likely N-dealkylation sites (N-methyl/N-ethyl adjacent to an activating group) is 2. The zero-order chi connectivity index (χ0) is 33.9. The minimum absolute atomic E-state index is 0.0778. The van der Waals surface area contributed by atoms with Gasteiger partial charge >= 0.3 is 12.1 Å². The van der Waals surface area contributed by atoms with E-state index >= 15 is 0 Å².